The number of hydrogen-bond donors (Lipinski definition) is 2. The molecule has 6 nitrogen and oxygen atoms in total. The number of carbonyl (C=O) groups is 2. The number of nitrogens with two attached hydrogens (primary N) is 2. The fraction of sp³-hybridized carbons (Fsp3) is 0.778. The summed E-state index contributed by atoms with van der Waals surface area (Å²) in [5.41, 5.74) is 8.50. The lowest BCUT2D eigenvalue weighted by Crippen LogP contribution is -2.18. The van der Waals surface area contributed by atoms with Gasteiger partial charge in [0.25, 0.3) is 0 Å². The fourth-order valence-corrected chi connectivity index (χ4v) is 0.806. The molecule has 6 heteroatoms. The summed E-state index contributed by atoms with van der Waals surface area (Å²) in [6.45, 7) is 0.638. The molecule has 4 N–H and O–H groups in total. The predicted octanol–water partition coefficient (Wildman–Crippen LogP) is 0.390. The van der Waals surface area contributed by atoms with Crippen LogP contribution in [0.3, 0.4) is 0 Å². The quantitative estimate of drug-likeness (QED) is 0.576. The third-order valence-corrected chi connectivity index (χ3v) is 1.29. The monoisotopic (exact) mass is 220 g/mol. The van der Waals surface area contributed by atoms with Crippen LogP contribution in [0.1, 0.15) is 25.7 Å². The molecule has 0 atom stereocenters. The van der Waals surface area contributed by atoms with Gasteiger partial charge in [-0.1, -0.05) is 0 Å². The largest absolute Gasteiger partial charge is 0.466 e. The van der Waals surface area contributed by atoms with Crippen molar-refractivity contribution in [2.24, 2.45) is 11.5 Å². The summed E-state index contributed by atoms with van der Waals surface area (Å²) in [6.07, 6.45) is 3.83. The summed E-state index contributed by atoms with van der Waals surface area (Å²) in [4.78, 5) is 19.5. The van der Waals surface area contributed by atoms with Crippen LogP contribution in [0.2, 0.25) is 0 Å². The Kier molecular flexibility index (Phi) is 13.7. The zero-order valence-electron chi connectivity index (χ0n) is 9.32. The highest BCUT2D eigenvalue weighted by Crippen LogP contribution is 2.06. The molecule has 15 heavy (non-hydrogen) atoms. The summed E-state index contributed by atoms with van der Waals surface area (Å²) in [5, 5.41) is 0. The van der Waals surface area contributed by atoms with Crippen LogP contribution in [-0.4, -0.2) is 32.8 Å². The SMILES string of the molecule is COC.NC(N)=O.O=C1CCCCCO1. The minimum absolute atomic E-state index is 0.0255. The van der Waals surface area contributed by atoms with E-state index in [0.29, 0.717) is 13.0 Å². The van der Waals surface area contributed by atoms with Crippen molar-refractivity contribution in [3.63, 3.8) is 0 Å². The number of urea groups is 1. The van der Waals surface area contributed by atoms with E-state index in [1.165, 1.54) is 0 Å². The highest BCUT2D eigenvalue weighted by molar-refractivity contribution is 5.69. The molecule has 0 unspecified atom stereocenters. The topological polar surface area (TPSA) is 105 Å². The van der Waals surface area contributed by atoms with Gasteiger partial charge < -0.3 is 20.9 Å². The molecule has 1 heterocycles. The molecule has 1 rings (SSSR count). The van der Waals surface area contributed by atoms with Gasteiger partial charge in [-0.05, 0) is 19.3 Å². The van der Waals surface area contributed by atoms with Gasteiger partial charge in [-0.3, -0.25) is 4.79 Å². The highest BCUT2D eigenvalue weighted by atomic mass is 16.5. The number of methoxy groups -OCH3 is 1. The van der Waals surface area contributed by atoms with Crippen molar-refractivity contribution in [3.05, 3.63) is 0 Å². The summed E-state index contributed by atoms with van der Waals surface area (Å²) in [6, 6.07) is -0.833. The third kappa shape index (κ3) is 24.5. The first-order chi connectivity index (χ1) is 7.04. The van der Waals surface area contributed by atoms with Crippen molar-refractivity contribution in [2.75, 3.05) is 20.8 Å². The van der Waals surface area contributed by atoms with Crippen molar-refractivity contribution in [3.8, 4) is 0 Å². The lowest BCUT2D eigenvalue weighted by molar-refractivity contribution is -0.142. The predicted molar refractivity (Wildman–Crippen MR) is 56.1 cm³/mol. The lowest BCUT2D eigenvalue weighted by Gasteiger charge is -1.93. The van der Waals surface area contributed by atoms with Crippen LogP contribution in [0.4, 0.5) is 4.79 Å². The molecule has 2 amide bonds. The van der Waals surface area contributed by atoms with Crippen LogP contribution in [0, 0.1) is 0 Å². The van der Waals surface area contributed by atoms with Gasteiger partial charge in [-0.2, -0.15) is 0 Å². The van der Waals surface area contributed by atoms with Gasteiger partial charge in [-0.25, -0.2) is 4.79 Å². The summed E-state index contributed by atoms with van der Waals surface area (Å²) in [7, 11) is 3.25. The standard InChI is InChI=1S/C6H10O2.C2H6O.CH4N2O/c7-6-4-2-1-3-5-8-6;1-3-2;2-1(3)4/h1-5H2;1-2H3;(H4,2,3,4). The van der Waals surface area contributed by atoms with E-state index in [-0.39, 0.29) is 5.97 Å². The van der Waals surface area contributed by atoms with Crippen LogP contribution >= 0.6 is 0 Å². The lowest BCUT2D eigenvalue weighted by atomic mass is 10.2. The van der Waals surface area contributed by atoms with Gasteiger partial charge in [-0.15, -0.1) is 0 Å². The number of primary amides is 2. The van der Waals surface area contributed by atoms with Crippen LogP contribution in [0.15, 0.2) is 0 Å². The second-order valence-electron chi connectivity index (χ2n) is 2.84. The Morgan fingerprint density at radius 2 is 1.73 bits per heavy atom. The number of rotatable bonds is 0. The number of esters is 1. The smallest absolute Gasteiger partial charge is 0.309 e. The Morgan fingerprint density at radius 3 is 2.20 bits per heavy atom. The van der Waals surface area contributed by atoms with E-state index in [9.17, 15) is 4.79 Å². The molecule has 0 bridgehead atoms. The van der Waals surface area contributed by atoms with Crippen LogP contribution in [0.5, 0.6) is 0 Å². The van der Waals surface area contributed by atoms with Gasteiger partial charge in [0.05, 0.1) is 6.61 Å². The Bertz CT molecular complexity index is 159. The van der Waals surface area contributed by atoms with E-state index in [4.69, 9.17) is 9.53 Å². The van der Waals surface area contributed by atoms with Gasteiger partial charge in [0.1, 0.15) is 0 Å². The Morgan fingerprint density at radius 1 is 1.27 bits per heavy atom. The molecule has 0 saturated carbocycles. The first kappa shape index (κ1) is 16.1. The average Bonchev–Trinajstić information content (AvgIpc) is 2.33. The van der Waals surface area contributed by atoms with Gasteiger partial charge in [0.2, 0.25) is 0 Å². The molecule has 1 saturated heterocycles. The first-order valence-corrected chi connectivity index (χ1v) is 4.65. The average molecular weight is 220 g/mol. The molecule has 0 spiro atoms. The summed E-state index contributed by atoms with van der Waals surface area (Å²) in [5.74, 6) is -0.0255. The van der Waals surface area contributed by atoms with E-state index in [1.54, 1.807) is 14.2 Å². The molecule has 0 aromatic rings. The second kappa shape index (κ2) is 12.7. The van der Waals surface area contributed by atoms with Crippen molar-refractivity contribution in [1.82, 2.24) is 0 Å². The minimum atomic E-state index is -0.833. The number of carbonyl (C=O) groups excluding carboxylic acids is 2. The second-order valence-corrected chi connectivity index (χ2v) is 2.84. The van der Waals surface area contributed by atoms with E-state index in [0.717, 1.165) is 19.3 Å². The maximum atomic E-state index is 10.5. The van der Waals surface area contributed by atoms with E-state index < -0.39 is 6.03 Å². The molecule has 0 aliphatic carbocycles. The molecule has 90 valence electrons. The van der Waals surface area contributed by atoms with Crippen LogP contribution in [0.25, 0.3) is 0 Å². The van der Waals surface area contributed by atoms with Crippen LogP contribution in [-0.2, 0) is 14.3 Å². The van der Waals surface area contributed by atoms with E-state index in [1.807, 2.05) is 0 Å². The van der Waals surface area contributed by atoms with Crippen molar-refractivity contribution in [1.29, 1.82) is 0 Å². The number of hydrogen-bond acceptors (Lipinski definition) is 4. The van der Waals surface area contributed by atoms with Gasteiger partial charge in [0.15, 0.2) is 0 Å². The Labute approximate surface area is 89.9 Å². The maximum absolute atomic E-state index is 10.5. The number of ether oxygens (including phenoxy) is 2. The Balaban J connectivity index is 0. The van der Waals surface area contributed by atoms with Crippen molar-refractivity contribution < 1.29 is 19.1 Å². The molecule has 1 fully saturated rings. The zero-order valence-corrected chi connectivity index (χ0v) is 9.32. The molecule has 0 aromatic carbocycles. The molecular weight excluding hydrogens is 200 g/mol. The molecule has 1 aliphatic rings. The third-order valence-electron chi connectivity index (χ3n) is 1.29. The van der Waals surface area contributed by atoms with E-state index >= 15 is 0 Å². The zero-order chi connectivity index (χ0) is 12.1. The fourth-order valence-electron chi connectivity index (χ4n) is 0.806. The summed E-state index contributed by atoms with van der Waals surface area (Å²) < 4.78 is 9.01. The molecule has 0 aromatic heterocycles. The van der Waals surface area contributed by atoms with E-state index in [2.05, 4.69) is 16.2 Å². The number of amides is 2. The maximum Gasteiger partial charge on any atom is 0.309 e. The highest BCUT2D eigenvalue weighted by Gasteiger charge is 2.05. The van der Waals surface area contributed by atoms with Gasteiger partial charge in [0, 0.05) is 20.6 Å². The molecular formula is C9H20N2O4. The number of cyclic esters (lactones) is 1. The van der Waals surface area contributed by atoms with Gasteiger partial charge >= 0.3 is 12.0 Å². The first-order valence-electron chi connectivity index (χ1n) is 4.65. The van der Waals surface area contributed by atoms with Crippen molar-refractivity contribution >= 4 is 12.0 Å². The van der Waals surface area contributed by atoms with Crippen LogP contribution < -0.4 is 11.5 Å². The normalized spacial score (nSPS) is 14.4. The molecule has 0 radical (unpaired) electrons. The molecule has 1 aliphatic heterocycles. The summed E-state index contributed by atoms with van der Waals surface area (Å²) >= 11 is 0. The Hall–Kier alpha value is -1.30. The minimum Gasteiger partial charge on any atom is -0.466 e. The van der Waals surface area contributed by atoms with Crippen molar-refractivity contribution in [2.45, 2.75) is 25.7 Å².